The minimum atomic E-state index is -0.589. The zero-order valence-corrected chi connectivity index (χ0v) is 16.2. The SMILES string of the molecule is CNC(c1cccc(OC)c1)C(C)(C)C(=O)NCCCc1ccccc1. The van der Waals surface area contributed by atoms with Crippen molar-refractivity contribution < 1.29 is 9.53 Å². The van der Waals surface area contributed by atoms with E-state index in [1.54, 1.807) is 7.11 Å². The third-order valence-corrected chi connectivity index (χ3v) is 4.79. The molecule has 4 heteroatoms. The monoisotopic (exact) mass is 354 g/mol. The molecule has 0 heterocycles. The molecule has 0 saturated heterocycles. The molecule has 0 aliphatic carbocycles. The lowest BCUT2D eigenvalue weighted by molar-refractivity contribution is -0.130. The molecule has 2 N–H and O–H groups in total. The second kappa shape index (κ2) is 9.39. The summed E-state index contributed by atoms with van der Waals surface area (Å²) in [4.78, 5) is 12.8. The van der Waals surface area contributed by atoms with Crippen LogP contribution in [0.5, 0.6) is 5.75 Å². The summed E-state index contributed by atoms with van der Waals surface area (Å²) in [5.41, 5.74) is 1.75. The Hall–Kier alpha value is -2.33. The maximum Gasteiger partial charge on any atom is 0.227 e. The van der Waals surface area contributed by atoms with Gasteiger partial charge in [-0.2, -0.15) is 0 Å². The van der Waals surface area contributed by atoms with Gasteiger partial charge in [0.2, 0.25) is 5.91 Å². The molecule has 26 heavy (non-hydrogen) atoms. The Bertz CT molecular complexity index is 698. The highest BCUT2D eigenvalue weighted by Gasteiger charge is 2.36. The van der Waals surface area contributed by atoms with Gasteiger partial charge in [0.15, 0.2) is 0 Å². The van der Waals surface area contributed by atoms with Gasteiger partial charge < -0.3 is 15.4 Å². The lowest BCUT2D eigenvalue weighted by atomic mass is 9.79. The molecule has 2 aromatic rings. The maximum atomic E-state index is 12.8. The Morgan fingerprint density at radius 1 is 1.12 bits per heavy atom. The summed E-state index contributed by atoms with van der Waals surface area (Å²) in [6, 6.07) is 18.1. The van der Waals surface area contributed by atoms with Gasteiger partial charge >= 0.3 is 0 Å². The van der Waals surface area contributed by atoms with Gasteiger partial charge in [-0.1, -0.05) is 42.5 Å². The Morgan fingerprint density at radius 2 is 1.85 bits per heavy atom. The molecule has 0 spiro atoms. The number of nitrogens with one attached hydrogen (secondary N) is 2. The summed E-state index contributed by atoms with van der Waals surface area (Å²) < 4.78 is 5.32. The second-order valence-electron chi connectivity index (χ2n) is 7.07. The van der Waals surface area contributed by atoms with Crippen LogP contribution in [0.25, 0.3) is 0 Å². The first-order chi connectivity index (χ1) is 12.5. The molecule has 0 aromatic heterocycles. The van der Waals surface area contributed by atoms with Crippen molar-refractivity contribution in [1.82, 2.24) is 10.6 Å². The van der Waals surface area contributed by atoms with E-state index in [4.69, 9.17) is 4.74 Å². The van der Waals surface area contributed by atoms with Crippen molar-refractivity contribution in [2.45, 2.75) is 32.7 Å². The lowest BCUT2D eigenvalue weighted by Crippen LogP contribution is -2.45. The molecule has 0 fully saturated rings. The molecule has 0 aliphatic rings. The normalized spacial score (nSPS) is 12.5. The quantitative estimate of drug-likeness (QED) is 0.675. The Kier molecular flexibility index (Phi) is 7.22. The Labute approximate surface area is 157 Å². The number of carbonyl (C=O) groups is 1. The molecule has 0 radical (unpaired) electrons. The molecule has 0 bridgehead atoms. The lowest BCUT2D eigenvalue weighted by Gasteiger charge is -2.33. The van der Waals surface area contributed by atoms with Crippen LogP contribution in [-0.4, -0.2) is 26.6 Å². The predicted octanol–water partition coefficient (Wildman–Crippen LogP) is 3.73. The summed E-state index contributed by atoms with van der Waals surface area (Å²) in [7, 11) is 3.53. The topological polar surface area (TPSA) is 50.4 Å². The third kappa shape index (κ3) is 5.09. The van der Waals surface area contributed by atoms with Crippen LogP contribution < -0.4 is 15.4 Å². The van der Waals surface area contributed by atoms with Crippen LogP contribution in [0.1, 0.15) is 37.4 Å². The van der Waals surface area contributed by atoms with Crippen molar-refractivity contribution in [3.63, 3.8) is 0 Å². The molecule has 0 aliphatic heterocycles. The molecule has 140 valence electrons. The fourth-order valence-corrected chi connectivity index (χ4v) is 3.26. The Balaban J connectivity index is 1.95. The fraction of sp³-hybridized carbons (Fsp3) is 0.409. The van der Waals surface area contributed by atoms with Crippen LogP contribution in [-0.2, 0) is 11.2 Å². The van der Waals surface area contributed by atoms with E-state index in [-0.39, 0.29) is 11.9 Å². The van der Waals surface area contributed by atoms with Crippen LogP contribution in [0.15, 0.2) is 54.6 Å². The number of rotatable bonds is 9. The highest BCUT2D eigenvalue weighted by molar-refractivity contribution is 5.82. The van der Waals surface area contributed by atoms with E-state index in [1.165, 1.54) is 5.56 Å². The first-order valence-electron chi connectivity index (χ1n) is 9.12. The number of hydrogen-bond acceptors (Lipinski definition) is 3. The second-order valence-corrected chi connectivity index (χ2v) is 7.07. The molecule has 4 nitrogen and oxygen atoms in total. The van der Waals surface area contributed by atoms with E-state index in [1.807, 2.05) is 63.4 Å². The van der Waals surface area contributed by atoms with Crippen molar-refractivity contribution in [3.05, 3.63) is 65.7 Å². The average Bonchev–Trinajstić information content (AvgIpc) is 2.66. The fourth-order valence-electron chi connectivity index (χ4n) is 3.26. The van der Waals surface area contributed by atoms with Gasteiger partial charge in [0.1, 0.15) is 5.75 Å². The largest absolute Gasteiger partial charge is 0.497 e. The van der Waals surface area contributed by atoms with E-state index in [0.717, 1.165) is 24.2 Å². The first kappa shape index (κ1) is 20.0. The predicted molar refractivity (Wildman–Crippen MR) is 106 cm³/mol. The molecule has 0 saturated carbocycles. The Morgan fingerprint density at radius 3 is 2.50 bits per heavy atom. The van der Waals surface area contributed by atoms with E-state index >= 15 is 0 Å². The molecule has 1 amide bonds. The number of hydrogen-bond donors (Lipinski definition) is 2. The van der Waals surface area contributed by atoms with E-state index in [9.17, 15) is 4.79 Å². The van der Waals surface area contributed by atoms with Crippen molar-refractivity contribution in [1.29, 1.82) is 0 Å². The average molecular weight is 354 g/mol. The van der Waals surface area contributed by atoms with E-state index in [2.05, 4.69) is 22.8 Å². The van der Waals surface area contributed by atoms with Crippen LogP contribution in [0, 0.1) is 5.41 Å². The third-order valence-electron chi connectivity index (χ3n) is 4.79. The molecule has 1 atom stereocenters. The number of amides is 1. The van der Waals surface area contributed by atoms with Gasteiger partial charge in [0, 0.05) is 12.6 Å². The van der Waals surface area contributed by atoms with Gasteiger partial charge in [-0.3, -0.25) is 4.79 Å². The van der Waals surface area contributed by atoms with Gasteiger partial charge in [0.25, 0.3) is 0 Å². The summed E-state index contributed by atoms with van der Waals surface area (Å²) >= 11 is 0. The van der Waals surface area contributed by atoms with Crippen molar-refractivity contribution in [2.75, 3.05) is 20.7 Å². The standard InChI is InChI=1S/C22H30N2O2/c1-22(2,20(23-3)18-13-8-14-19(16-18)26-4)21(25)24-15-9-12-17-10-6-5-7-11-17/h5-8,10-11,13-14,16,20,23H,9,12,15H2,1-4H3,(H,24,25). The summed E-state index contributed by atoms with van der Waals surface area (Å²) in [5.74, 6) is 0.842. The summed E-state index contributed by atoms with van der Waals surface area (Å²) in [6.45, 7) is 4.62. The minimum absolute atomic E-state index is 0.0488. The van der Waals surface area contributed by atoms with Gasteiger partial charge in [-0.15, -0.1) is 0 Å². The molecule has 2 aromatic carbocycles. The number of ether oxygens (including phenoxy) is 1. The number of aryl methyl sites for hydroxylation is 1. The molecule has 2 rings (SSSR count). The van der Waals surface area contributed by atoms with Crippen LogP contribution in [0.2, 0.25) is 0 Å². The highest BCUT2D eigenvalue weighted by Crippen LogP contribution is 2.34. The zero-order chi connectivity index (χ0) is 19.0. The van der Waals surface area contributed by atoms with Crippen molar-refractivity contribution >= 4 is 5.91 Å². The summed E-state index contributed by atoms with van der Waals surface area (Å²) in [5, 5.41) is 6.39. The smallest absolute Gasteiger partial charge is 0.227 e. The maximum absolute atomic E-state index is 12.8. The van der Waals surface area contributed by atoms with Crippen LogP contribution in [0.4, 0.5) is 0 Å². The van der Waals surface area contributed by atoms with Crippen LogP contribution in [0.3, 0.4) is 0 Å². The van der Waals surface area contributed by atoms with E-state index in [0.29, 0.717) is 6.54 Å². The van der Waals surface area contributed by atoms with E-state index < -0.39 is 5.41 Å². The zero-order valence-electron chi connectivity index (χ0n) is 16.2. The summed E-state index contributed by atoms with van der Waals surface area (Å²) in [6.07, 6.45) is 1.89. The number of carbonyl (C=O) groups excluding carboxylic acids is 1. The van der Waals surface area contributed by atoms with Gasteiger partial charge in [-0.05, 0) is 57.0 Å². The molecular formula is C22H30N2O2. The first-order valence-corrected chi connectivity index (χ1v) is 9.12. The number of methoxy groups -OCH3 is 1. The number of benzene rings is 2. The molecule has 1 unspecified atom stereocenters. The van der Waals surface area contributed by atoms with Gasteiger partial charge in [-0.25, -0.2) is 0 Å². The highest BCUT2D eigenvalue weighted by atomic mass is 16.5. The minimum Gasteiger partial charge on any atom is -0.497 e. The molecular weight excluding hydrogens is 324 g/mol. The van der Waals surface area contributed by atoms with Crippen molar-refractivity contribution in [2.24, 2.45) is 5.41 Å². The van der Waals surface area contributed by atoms with Crippen molar-refractivity contribution in [3.8, 4) is 5.75 Å². The van der Waals surface area contributed by atoms with Crippen LogP contribution >= 0.6 is 0 Å². The van der Waals surface area contributed by atoms with Gasteiger partial charge in [0.05, 0.1) is 12.5 Å².